The number of thioether (sulfide) groups is 1. The first-order chi connectivity index (χ1) is 15.0. The van der Waals surface area contributed by atoms with E-state index >= 15 is 0 Å². The van der Waals surface area contributed by atoms with E-state index in [4.69, 9.17) is 0 Å². The molecule has 10 heteroatoms. The maximum atomic E-state index is 12.6. The Morgan fingerprint density at radius 2 is 1.94 bits per heavy atom. The number of nitrogens with one attached hydrogen (secondary N) is 1. The van der Waals surface area contributed by atoms with Crippen molar-refractivity contribution in [2.24, 2.45) is 12.1 Å². The monoisotopic (exact) mass is 434 g/mol. The zero-order valence-electron chi connectivity index (χ0n) is 16.3. The van der Waals surface area contributed by atoms with Gasteiger partial charge in [0.2, 0.25) is 0 Å². The van der Waals surface area contributed by atoms with Crippen LogP contribution in [0, 0.1) is 10.1 Å². The normalized spacial score (nSPS) is 11.4. The van der Waals surface area contributed by atoms with Crippen LogP contribution in [0.4, 0.5) is 5.69 Å². The van der Waals surface area contributed by atoms with Crippen LogP contribution in [-0.2, 0) is 11.8 Å². The van der Waals surface area contributed by atoms with Gasteiger partial charge in [-0.15, -0.1) is 0 Å². The summed E-state index contributed by atoms with van der Waals surface area (Å²) in [5.74, 6) is -0.722. The molecule has 0 radical (unpaired) electrons. The van der Waals surface area contributed by atoms with Gasteiger partial charge >= 0.3 is 0 Å². The molecule has 4 aromatic rings. The Morgan fingerprint density at radius 1 is 1.23 bits per heavy atom. The van der Waals surface area contributed by atoms with Gasteiger partial charge in [-0.3, -0.25) is 14.9 Å². The van der Waals surface area contributed by atoms with Gasteiger partial charge < -0.3 is 9.67 Å². The highest BCUT2D eigenvalue weighted by molar-refractivity contribution is 7.99. The van der Waals surface area contributed by atoms with Crippen molar-refractivity contribution < 1.29 is 14.8 Å². The number of carbonyl (C=O) groups excluding carboxylic acids is 1. The van der Waals surface area contributed by atoms with Crippen LogP contribution in [-0.4, -0.2) is 32.3 Å². The number of nitrogens with zero attached hydrogens (tertiary/aromatic N) is 4. The second kappa shape index (κ2) is 8.44. The van der Waals surface area contributed by atoms with Gasteiger partial charge in [0.1, 0.15) is 0 Å². The second-order valence-electron chi connectivity index (χ2n) is 6.64. The van der Waals surface area contributed by atoms with Crippen molar-refractivity contribution in [1.29, 1.82) is 0 Å². The number of imidazole rings is 1. The molecule has 0 aliphatic rings. The van der Waals surface area contributed by atoms with Crippen LogP contribution in [0.15, 0.2) is 64.9 Å². The Balaban J connectivity index is 1.46. The standard InChI is InChI=1S/C21H17N5O4S/c1-25-17-9-5-4-8-16(17)23-21(25)31-12-19(27)24-22-11-13-10-18(26(29)30)14-6-2-3-7-15(14)20(13)28/h2-11,28H,12H2,1H3,(H,24,27)/p-1/b22-11-. The summed E-state index contributed by atoms with van der Waals surface area (Å²) in [6.45, 7) is 0. The van der Waals surface area contributed by atoms with Crippen LogP contribution in [0.3, 0.4) is 0 Å². The lowest BCUT2D eigenvalue weighted by atomic mass is 10.0. The van der Waals surface area contributed by atoms with Crippen molar-refractivity contribution in [3.63, 3.8) is 0 Å². The van der Waals surface area contributed by atoms with Crippen molar-refractivity contribution in [2.45, 2.75) is 5.16 Å². The fourth-order valence-electron chi connectivity index (χ4n) is 3.19. The SMILES string of the molecule is Cn1c(SCC(=O)N/N=C\c2cc([N+](=O)[O-])c3ccccc3c2[O-])nc2ccccc21. The van der Waals surface area contributed by atoms with E-state index in [1.807, 2.05) is 35.9 Å². The minimum absolute atomic E-state index is 0.0219. The predicted octanol–water partition coefficient (Wildman–Crippen LogP) is 2.95. The molecule has 1 N–H and O–H groups in total. The van der Waals surface area contributed by atoms with Gasteiger partial charge in [0, 0.05) is 13.1 Å². The van der Waals surface area contributed by atoms with Crippen LogP contribution in [0.1, 0.15) is 5.56 Å². The highest BCUT2D eigenvalue weighted by atomic mass is 32.2. The number of nitro groups is 1. The maximum absolute atomic E-state index is 12.6. The lowest BCUT2D eigenvalue weighted by Crippen LogP contribution is -2.20. The van der Waals surface area contributed by atoms with Gasteiger partial charge in [0.15, 0.2) is 5.16 Å². The van der Waals surface area contributed by atoms with E-state index in [0.29, 0.717) is 5.16 Å². The number of amides is 1. The number of aromatic nitrogens is 2. The molecule has 0 fully saturated rings. The Morgan fingerprint density at radius 3 is 2.68 bits per heavy atom. The first-order valence-corrected chi connectivity index (χ1v) is 10.2. The van der Waals surface area contributed by atoms with Crippen molar-refractivity contribution in [3.05, 3.63) is 70.3 Å². The third kappa shape index (κ3) is 4.05. The predicted molar refractivity (Wildman–Crippen MR) is 117 cm³/mol. The number of hydrazone groups is 1. The molecule has 0 unspecified atom stereocenters. The van der Waals surface area contributed by atoms with Gasteiger partial charge in [0.25, 0.3) is 11.6 Å². The summed E-state index contributed by atoms with van der Waals surface area (Å²) in [7, 11) is 1.87. The van der Waals surface area contributed by atoms with Crippen LogP contribution >= 0.6 is 11.8 Å². The molecule has 9 nitrogen and oxygen atoms in total. The molecule has 1 aromatic heterocycles. The number of carbonyl (C=O) groups is 1. The third-order valence-corrected chi connectivity index (χ3v) is 5.70. The first-order valence-electron chi connectivity index (χ1n) is 9.19. The number of para-hydroxylation sites is 2. The number of nitro benzene ring substituents is 1. The summed E-state index contributed by atoms with van der Waals surface area (Å²) in [5.41, 5.74) is 3.97. The molecule has 31 heavy (non-hydrogen) atoms. The van der Waals surface area contributed by atoms with E-state index in [2.05, 4.69) is 15.5 Å². The van der Waals surface area contributed by atoms with E-state index in [1.54, 1.807) is 12.1 Å². The van der Waals surface area contributed by atoms with Gasteiger partial charge in [0.05, 0.1) is 33.3 Å². The van der Waals surface area contributed by atoms with Crippen molar-refractivity contribution in [3.8, 4) is 5.75 Å². The molecule has 4 rings (SSSR count). The molecule has 0 atom stereocenters. The molecule has 0 aliphatic carbocycles. The van der Waals surface area contributed by atoms with E-state index in [-0.39, 0.29) is 27.8 Å². The fourth-order valence-corrected chi connectivity index (χ4v) is 3.97. The Bertz CT molecular complexity index is 1350. The molecule has 1 amide bonds. The van der Waals surface area contributed by atoms with Crippen LogP contribution in [0.5, 0.6) is 5.75 Å². The maximum Gasteiger partial charge on any atom is 0.277 e. The average Bonchev–Trinajstić information content (AvgIpc) is 3.09. The summed E-state index contributed by atoms with van der Waals surface area (Å²) < 4.78 is 1.90. The van der Waals surface area contributed by atoms with Gasteiger partial charge in [-0.25, -0.2) is 10.4 Å². The van der Waals surface area contributed by atoms with Crippen molar-refractivity contribution in [1.82, 2.24) is 15.0 Å². The lowest BCUT2D eigenvalue weighted by molar-refractivity contribution is -0.383. The Kier molecular flexibility index (Phi) is 5.54. The van der Waals surface area contributed by atoms with E-state index in [9.17, 15) is 20.0 Å². The quantitative estimate of drug-likeness (QED) is 0.215. The number of hydrogen-bond donors (Lipinski definition) is 1. The molecule has 0 bridgehead atoms. The summed E-state index contributed by atoms with van der Waals surface area (Å²) in [6.07, 6.45) is 1.12. The Labute approximate surface area is 180 Å². The molecule has 1 heterocycles. The van der Waals surface area contributed by atoms with Gasteiger partial charge in [-0.05, 0) is 29.1 Å². The largest absolute Gasteiger partial charge is 0.872 e. The van der Waals surface area contributed by atoms with E-state index in [1.165, 1.54) is 23.9 Å². The Hall–Kier alpha value is -3.92. The summed E-state index contributed by atoms with van der Waals surface area (Å²) in [5, 5.41) is 28.9. The molecule has 0 aliphatic heterocycles. The minimum atomic E-state index is -0.550. The van der Waals surface area contributed by atoms with Gasteiger partial charge in [-0.1, -0.05) is 47.8 Å². The van der Waals surface area contributed by atoms with E-state index < -0.39 is 16.6 Å². The second-order valence-corrected chi connectivity index (χ2v) is 7.58. The van der Waals surface area contributed by atoms with Gasteiger partial charge in [-0.2, -0.15) is 5.10 Å². The topological polar surface area (TPSA) is 125 Å². The van der Waals surface area contributed by atoms with Crippen molar-refractivity contribution in [2.75, 3.05) is 5.75 Å². The number of benzene rings is 3. The third-order valence-electron chi connectivity index (χ3n) is 4.67. The minimum Gasteiger partial charge on any atom is -0.872 e. The number of rotatable bonds is 6. The number of hydrogen-bond acceptors (Lipinski definition) is 7. The summed E-state index contributed by atoms with van der Waals surface area (Å²) >= 11 is 1.25. The zero-order chi connectivity index (χ0) is 22.0. The first kappa shape index (κ1) is 20.4. The molecule has 0 spiro atoms. The highest BCUT2D eigenvalue weighted by Crippen LogP contribution is 2.33. The number of aryl methyl sites for hydroxylation is 1. The number of fused-ring (bicyclic) bond motifs is 2. The molecule has 0 saturated heterocycles. The zero-order valence-corrected chi connectivity index (χ0v) is 17.1. The summed E-state index contributed by atoms with van der Waals surface area (Å²) in [6, 6.07) is 15.1. The molecule has 0 saturated carbocycles. The van der Waals surface area contributed by atoms with Crippen LogP contribution < -0.4 is 10.5 Å². The average molecular weight is 434 g/mol. The fraction of sp³-hybridized carbons (Fsp3) is 0.0952. The smallest absolute Gasteiger partial charge is 0.277 e. The number of non-ortho nitro benzene ring substituents is 1. The van der Waals surface area contributed by atoms with Crippen molar-refractivity contribution >= 4 is 51.4 Å². The molecule has 156 valence electrons. The molecular weight excluding hydrogens is 418 g/mol. The molecule has 3 aromatic carbocycles. The highest BCUT2D eigenvalue weighted by Gasteiger charge is 2.14. The lowest BCUT2D eigenvalue weighted by Gasteiger charge is -2.14. The summed E-state index contributed by atoms with van der Waals surface area (Å²) in [4.78, 5) is 27.4. The molecular formula is C21H16N5O4S-. The van der Waals surface area contributed by atoms with Crippen LogP contribution in [0.2, 0.25) is 0 Å². The van der Waals surface area contributed by atoms with E-state index in [0.717, 1.165) is 23.3 Å². The van der Waals surface area contributed by atoms with Crippen LogP contribution in [0.25, 0.3) is 21.8 Å².